The summed E-state index contributed by atoms with van der Waals surface area (Å²) in [7, 11) is 0. The van der Waals surface area contributed by atoms with Crippen molar-refractivity contribution in [2.45, 2.75) is 34.1 Å². The third-order valence-corrected chi connectivity index (χ3v) is 1.37. The van der Waals surface area contributed by atoms with Crippen LogP contribution >= 0.6 is 0 Å². The van der Waals surface area contributed by atoms with Crippen LogP contribution in [0.15, 0.2) is 12.2 Å². The van der Waals surface area contributed by atoms with Gasteiger partial charge in [0.15, 0.2) is 0 Å². The average molecular weight is 170 g/mol. The quantitative estimate of drug-likeness (QED) is 0.369. The van der Waals surface area contributed by atoms with Crippen LogP contribution in [0.5, 0.6) is 0 Å². The Morgan fingerprint density at radius 1 is 1.42 bits per heavy atom. The summed E-state index contributed by atoms with van der Waals surface area (Å²) in [6.07, 6.45) is 4.74. The van der Waals surface area contributed by atoms with Crippen LogP contribution in [0, 0.1) is 5.41 Å². The van der Waals surface area contributed by atoms with Crippen LogP contribution in [0.1, 0.15) is 34.1 Å². The highest BCUT2D eigenvalue weighted by Gasteiger charge is 2.22. The first-order valence-electron chi connectivity index (χ1n) is 4.27. The first kappa shape index (κ1) is 11.2. The fourth-order valence-electron chi connectivity index (χ4n) is 0.603. The fraction of sp³-hybridized carbons (Fsp3) is 0.700. The minimum atomic E-state index is -0.379. The first-order valence-corrected chi connectivity index (χ1v) is 4.27. The van der Waals surface area contributed by atoms with E-state index in [0.717, 1.165) is 6.42 Å². The van der Waals surface area contributed by atoms with Crippen LogP contribution in [0.4, 0.5) is 0 Å². The molecule has 0 N–H and O–H groups in total. The molecule has 0 rings (SSSR count). The number of hydrogen-bond acceptors (Lipinski definition) is 2. The molecule has 0 atom stereocenters. The highest BCUT2D eigenvalue weighted by Crippen LogP contribution is 2.14. The second-order valence-corrected chi connectivity index (χ2v) is 3.74. The summed E-state index contributed by atoms with van der Waals surface area (Å²) in [5, 5.41) is 0. The summed E-state index contributed by atoms with van der Waals surface area (Å²) in [6, 6.07) is 0. The lowest BCUT2D eigenvalue weighted by molar-refractivity contribution is -0.152. The van der Waals surface area contributed by atoms with Crippen molar-refractivity contribution in [2.24, 2.45) is 5.41 Å². The minimum absolute atomic E-state index is 0.132. The molecule has 0 saturated carbocycles. The molecule has 0 aliphatic heterocycles. The molecule has 0 heterocycles. The molecule has 0 amide bonds. The Morgan fingerprint density at radius 3 is 2.42 bits per heavy atom. The van der Waals surface area contributed by atoms with E-state index in [2.05, 4.69) is 0 Å². The number of allylic oxidation sites excluding steroid dienone is 1. The van der Waals surface area contributed by atoms with Gasteiger partial charge in [0, 0.05) is 0 Å². The number of rotatable bonds is 3. The van der Waals surface area contributed by atoms with Crippen molar-refractivity contribution in [3.63, 3.8) is 0 Å². The molecule has 0 bridgehead atoms. The minimum Gasteiger partial charge on any atom is -0.465 e. The molecule has 2 nitrogen and oxygen atoms in total. The predicted molar refractivity (Wildman–Crippen MR) is 49.8 cm³/mol. The summed E-state index contributed by atoms with van der Waals surface area (Å²) in [6.45, 7) is 7.99. The number of hydrogen-bond donors (Lipinski definition) is 0. The van der Waals surface area contributed by atoms with E-state index in [4.69, 9.17) is 4.74 Å². The van der Waals surface area contributed by atoms with Crippen LogP contribution in [0.25, 0.3) is 0 Å². The van der Waals surface area contributed by atoms with Gasteiger partial charge in [0.2, 0.25) is 0 Å². The van der Waals surface area contributed by atoms with E-state index in [9.17, 15) is 4.79 Å². The molecule has 0 unspecified atom stereocenters. The zero-order valence-corrected chi connectivity index (χ0v) is 8.39. The maximum atomic E-state index is 11.2. The standard InChI is InChI=1S/C10H18O2/c1-5-6-7-8-12-9(11)10(2,3)4/h5-6H,7-8H2,1-4H3. The molecule has 0 aromatic rings. The van der Waals surface area contributed by atoms with E-state index in [0.29, 0.717) is 6.61 Å². The molecule has 0 aliphatic rings. The summed E-state index contributed by atoms with van der Waals surface area (Å²) in [4.78, 5) is 11.2. The van der Waals surface area contributed by atoms with E-state index in [1.807, 2.05) is 39.8 Å². The summed E-state index contributed by atoms with van der Waals surface area (Å²) in [5.41, 5.74) is -0.379. The highest BCUT2D eigenvalue weighted by atomic mass is 16.5. The van der Waals surface area contributed by atoms with Gasteiger partial charge in [-0.05, 0) is 34.1 Å². The monoisotopic (exact) mass is 170 g/mol. The third-order valence-electron chi connectivity index (χ3n) is 1.37. The maximum Gasteiger partial charge on any atom is 0.311 e. The van der Waals surface area contributed by atoms with E-state index in [1.54, 1.807) is 0 Å². The molecule has 0 aromatic carbocycles. The van der Waals surface area contributed by atoms with Crippen molar-refractivity contribution >= 4 is 5.97 Å². The number of ether oxygens (including phenoxy) is 1. The predicted octanol–water partition coefficient (Wildman–Crippen LogP) is 2.54. The lowest BCUT2D eigenvalue weighted by Gasteiger charge is -2.15. The van der Waals surface area contributed by atoms with Crippen molar-refractivity contribution in [2.75, 3.05) is 6.61 Å². The zero-order valence-electron chi connectivity index (χ0n) is 8.39. The SMILES string of the molecule is CC=CCCOC(=O)C(C)(C)C. The molecule has 12 heavy (non-hydrogen) atoms. The molecule has 0 aromatic heterocycles. The van der Waals surface area contributed by atoms with E-state index < -0.39 is 0 Å². The summed E-state index contributed by atoms with van der Waals surface area (Å²) in [5.74, 6) is -0.132. The van der Waals surface area contributed by atoms with E-state index in [-0.39, 0.29) is 11.4 Å². The Morgan fingerprint density at radius 2 is 2.00 bits per heavy atom. The van der Waals surface area contributed by atoms with Gasteiger partial charge in [0.25, 0.3) is 0 Å². The smallest absolute Gasteiger partial charge is 0.311 e. The number of carbonyl (C=O) groups is 1. The lowest BCUT2D eigenvalue weighted by atomic mass is 9.97. The van der Waals surface area contributed by atoms with E-state index in [1.165, 1.54) is 0 Å². The van der Waals surface area contributed by atoms with Crippen molar-refractivity contribution in [1.29, 1.82) is 0 Å². The van der Waals surface area contributed by atoms with Crippen LogP contribution in [-0.2, 0) is 9.53 Å². The van der Waals surface area contributed by atoms with Crippen LogP contribution < -0.4 is 0 Å². The topological polar surface area (TPSA) is 26.3 Å². The van der Waals surface area contributed by atoms with E-state index >= 15 is 0 Å². The Balaban J connectivity index is 3.59. The largest absolute Gasteiger partial charge is 0.465 e. The second kappa shape index (κ2) is 4.96. The zero-order chi connectivity index (χ0) is 9.61. The normalized spacial score (nSPS) is 12.0. The molecule has 0 aliphatic carbocycles. The number of esters is 1. The Labute approximate surface area is 74.6 Å². The van der Waals surface area contributed by atoms with Crippen molar-refractivity contribution in [3.8, 4) is 0 Å². The summed E-state index contributed by atoms with van der Waals surface area (Å²) < 4.78 is 5.02. The van der Waals surface area contributed by atoms with Gasteiger partial charge in [-0.1, -0.05) is 12.2 Å². The number of carbonyl (C=O) groups excluding carboxylic acids is 1. The van der Waals surface area contributed by atoms with Gasteiger partial charge in [-0.15, -0.1) is 0 Å². The second-order valence-electron chi connectivity index (χ2n) is 3.74. The van der Waals surface area contributed by atoms with Crippen LogP contribution in [-0.4, -0.2) is 12.6 Å². The summed E-state index contributed by atoms with van der Waals surface area (Å²) >= 11 is 0. The van der Waals surface area contributed by atoms with Gasteiger partial charge in [-0.3, -0.25) is 4.79 Å². The Kier molecular flexibility index (Phi) is 4.64. The molecule has 0 radical (unpaired) electrons. The van der Waals surface area contributed by atoms with Gasteiger partial charge >= 0.3 is 5.97 Å². The molecule has 2 heteroatoms. The van der Waals surface area contributed by atoms with Crippen LogP contribution in [0.3, 0.4) is 0 Å². The van der Waals surface area contributed by atoms with Gasteiger partial charge in [0.1, 0.15) is 0 Å². The van der Waals surface area contributed by atoms with Gasteiger partial charge in [-0.2, -0.15) is 0 Å². The fourth-order valence-corrected chi connectivity index (χ4v) is 0.603. The molecule has 0 spiro atoms. The molecular formula is C10H18O2. The lowest BCUT2D eigenvalue weighted by Crippen LogP contribution is -2.23. The maximum absolute atomic E-state index is 11.2. The van der Waals surface area contributed by atoms with Crippen molar-refractivity contribution in [3.05, 3.63) is 12.2 Å². The van der Waals surface area contributed by atoms with Crippen LogP contribution in [0.2, 0.25) is 0 Å². The average Bonchev–Trinajstić information content (AvgIpc) is 1.96. The van der Waals surface area contributed by atoms with Crippen molar-refractivity contribution < 1.29 is 9.53 Å². The third kappa shape index (κ3) is 4.94. The molecule has 70 valence electrons. The molecule has 0 fully saturated rings. The van der Waals surface area contributed by atoms with Gasteiger partial charge in [0.05, 0.1) is 12.0 Å². The Bertz CT molecular complexity index is 163. The van der Waals surface area contributed by atoms with Gasteiger partial charge in [-0.25, -0.2) is 0 Å². The van der Waals surface area contributed by atoms with Crippen molar-refractivity contribution in [1.82, 2.24) is 0 Å². The van der Waals surface area contributed by atoms with Gasteiger partial charge < -0.3 is 4.74 Å². The first-order chi connectivity index (χ1) is 5.48. The molecular weight excluding hydrogens is 152 g/mol. The highest BCUT2D eigenvalue weighted by molar-refractivity contribution is 5.75. The molecule has 0 saturated heterocycles. The Hall–Kier alpha value is -0.790.